The number of sulfonamides is 1. The molecule has 0 saturated carbocycles. The van der Waals surface area contributed by atoms with Gasteiger partial charge < -0.3 is 5.32 Å². The van der Waals surface area contributed by atoms with Crippen LogP contribution in [0.15, 0.2) is 34.1 Å². The lowest BCUT2D eigenvalue weighted by atomic mass is 10.2. The topological polar surface area (TPSA) is 49.4 Å². The molecule has 2 unspecified atom stereocenters. The monoisotopic (exact) mass is 300 g/mol. The fraction of sp³-hybridized carbons (Fsp3) is 0.538. The van der Waals surface area contributed by atoms with Crippen molar-refractivity contribution in [2.75, 3.05) is 19.3 Å². The fourth-order valence-electron chi connectivity index (χ4n) is 2.22. The van der Waals surface area contributed by atoms with E-state index in [1.54, 1.807) is 34.3 Å². The molecule has 0 amide bonds. The van der Waals surface area contributed by atoms with E-state index in [1.165, 1.54) is 0 Å². The molecule has 1 aromatic rings. The minimum atomic E-state index is -3.40. The molecule has 1 aliphatic rings. The van der Waals surface area contributed by atoms with Crippen molar-refractivity contribution in [1.29, 1.82) is 0 Å². The van der Waals surface area contributed by atoms with Gasteiger partial charge in [-0.3, -0.25) is 0 Å². The van der Waals surface area contributed by atoms with Crippen LogP contribution in [0.4, 0.5) is 0 Å². The zero-order valence-corrected chi connectivity index (χ0v) is 13.1. The summed E-state index contributed by atoms with van der Waals surface area (Å²) < 4.78 is 27.0. The molecule has 106 valence electrons. The SMILES string of the molecule is CSc1cccc(S(=O)(=O)N2CC(C)NCC2C)c1. The van der Waals surface area contributed by atoms with E-state index < -0.39 is 10.0 Å². The first kappa shape index (κ1) is 14.8. The summed E-state index contributed by atoms with van der Waals surface area (Å²) in [7, 11) is -3.40. The van der Waals surface area contributed by atoms with E-state index in [0.717, 1.165) is 4.90 Å². The molecule has 1 aliphatic heterocycles. The maximum Gasteiger partial charge on any atom is 0.243 e. The van der Waals surface area contributed by atoms with E-state index in [1.807, 2.05) is 26.2 Å². The van der Waals surface area contributed by atoms with E-state index >= 15 is 0 Å². The maximum absolute atomic E-state index is 12.7. The summed E-state index contributed by atoms with van der Waals surface area (Å²) in [4.78, 5) is 1.36. The molecule has 6 heteroatoms. The fourth-order valence-corrected chi connectivity index (χ4v) is 4.52. The van der Waals surface area contributed by atoms with Crippen LogP contribution in [-0.4, -0.2) is 44.2 Å². The normalized spacial score (nSPS) is 25.4. The van der Waals surface area contributed by atoms with Gasteiger partial charge in [0, 0.05) is 30.1 Å². The number of thioether (sulfide) groups is 1. The van der Waals surface area contributed by atoms with Crippen LogP contribution in [0.25, 0.3) is 0 Å². The first-order chi connectivity index (χ1) is 8.95. The quantitative estimate of drug-likeness (QED) is 0.865. The van der Waals surface area contributed by atoms with Gasteiger partial charge in [0.1, 0.15) is 0 Å². The van der Waals surface area contributed by atoms with Crippen LogP contribution in [0.1, 0.15) is 13.8 Å². The first-order valence-corrected chi connectivity index (χ1v) is 9.01. The Hall–Kier alpha value is -0.560. The third-order valence-corrected chi connectivity index (χ3v) is 6.06. The van der Waals surface area contributed by atoms with Gasteiger partial charge in [0.05, 0.1) is 4.90 Å². The highest BCUT2D eigenvalue weighted by molar-refractivity contribution is 7.98. The number of hydrogen-bond donors (Lipinski definition) is 1. The van der Waals surface area contributed by atoms with Gasteiger partial charge in [-0.25, -0.2) is 8.42 Å². The Morgan fingerprint density at radius 1 is 1.37 bits per heavy atom. The van der Waals surface area contributed by atoms with E-state index in [-0.39, 0.29) is 12.1 Å². The first-order valence-electron chi connectivity index (χ1n) is 6.34. The molecule has 0 radical (unpaired) electrons. The van der Waals surface area contributed by atoms with Crippen molar-refractivity contribution in [2.24, 2.45) is 0 Å². The molecule has 1 N–H and O–H groups in total. The summed E-state index contributed by atoms with van der Waals surface area (Å²) in [6, 6.07) is 7.32. The second kappa shape index (κ2) is 5.83. The van der Waals surface area contributed by atoms with Gasteiger partial charge in [0.25, 0.3) is 0 Å². The van der Waals surface area contributed by atoms with Crippen molar-refractivity contribution in [3.63, 3.8) is 0 Å². The lowest BCUT2D eigenvalue weighted by molar-refractivity contribution is 0.244. The van der Waals surface area contributed by atoms with Gasteiger partial charge in [0.2, 0.25) is 10.0 Å². The van der Waals surface area contributed by atoms with Crippen LogP contribution in [0.2, 0.25) is 0 Å². The molecular formula is C13H20N2O2S2. The van der Waals surface area contributed by atoms with Crippen LogP contribution in [0.3, 0.4) is 0 Å². The molecule has 2 rings (SSSR count). The summed E-state index contributed by atoms with van der Waals surface area (Å²) in [5.41, 5.74) is 0. The Labute approximate surface area is 119 Å². The average Bonchev–Trinajstić information content (AvgIpc) is 2.41. The van der Waals surface area contributed by atoms with Crippen LogP contribution < -0.4 is 5.32 Å². The predicted molar refractivity (Wildman–Crippen MR) is 79.0 cm³/mol. The molecule has 1 heterocycles. The van der Waals surface area contributed by atoms with Crippen LogP contribution in [-0.2, 0) is 10.0 Å². The van der Waals surface area contributed by atoms with Crippen LogP contribution in [0.5, 0.6) is 0 Å². The molecule has 0 bridgehead atoms. The number of nitrogens with one attached hydrogen (secondary N) is 1. The Morgan fingerprint density at radius 3 is 2.79 bits per heavy atom. The van der Waals surface area contributed by atoms with Crippen LogP contribution >= 0.6 is 11.8 Å². The second-order valence-electron chi connectivity index (χ2n) is 4.91. The molecule has 0 aromatic heterocycles. The molecule has 1 fully saturated rings. The standard InChI is InChI=1S/C13H20N2O2S2/c1-10-9-15(11(2)8-14-10)19(16,17)13-6-4-5-12(7-13)18-3/h4-7,10-11,14H,8-9H2,1-3H3. The van der Waals surface area contributed by atoms with E-state index in [0.29, 0.717) is 18.0 Å². The number of rotatable bonds is 3. The minimum Gasteiger partial charge on any atom is -0.311 e. The summed E-state index contributed by atoms with van der Waals surface area (Å²) >= 11 is 1.55. The summed E-state index contributed by atoms with van der Waals surface area (Å²) in [5, 5.41) is 3.30. The highest BCUT2D eigenvalue weighted by atomic mass is 32.2. The molecule has 0 aliphatic carbocycles. The van der Waals surface area contributed by atoms with Gasteiger partial charge in [-0.15, -0.1) is 11.8 Å². The Bertz CT molecular complexity index is 545. The number of nitrogens with zero attached hydrogens (tertiary/aromatic N) is 1. The molecule has 1 saturated heterocycles. The number of hydrogen-bond acceptors (Lipinski definition) is 4. The largest absolute Gasteiger partial charge is 0.311 e. The van der Waals surface area contributed by atoms with Gasteiger partial charge in [-0.05, 0) is 38.3 Å². The van der Waals surface area contributed by atoms with E-state index in [9.17, 15) is 8.42 Å². The molecule has 19 heavy (non-hydrogen) atoms. The predicted octanol–water partition coefficient (Wildman–Crippen LogP) is 1.78. The van der Waals surface area contributed by atoms with Crippen molar-refractivity contribution in [2.45, 2.75) is 35.7 Å². The Kier molecular flexibility index (Phi) is 4.55. The lowest BCUT2D eigenvalue weighted by Gasteiger charge is -2.36. The Balaban J connectivity index is 2.35. The van der Waals surface area contributed by atoms with E-state index in [2.05, 4.69) is 5.32 Å². The summed E-state index contributed by atoms with van der Waals surface area (Å²) in [6.07, 6.45) is 1.95. The van der Waals surface area contributed by atoms with Crippen molar-refractivity contribution >= 4 is 21.8 Å². The van der Waals surface area contributed by atoms with Gasteiger partial charge in [-0.1, -0.05) is 6.07 Å². The zero-order valence-electron chi connectivity index (χ0n) is 11.5. The zero-order chi connectivity index (χ0) is 14.0. The van der Waals surface area contributed by atoms with Crippen molar-refractivity contribution in [3.05, 3.63) is 24.3 Å². The summed E-state index contributed by atoms with van der Waals surface area (Å²) in [5.74, 6) is 0. The lowest BCUT2D eigenvalue weighted by Crippen LogP contribution is -2.56. The van der Waals surface area contributed by atoms with Gasteiger partial charge >= 0.3 is 0 Å². The Morgan fingerprint density at radius 2 is 2.11 bits per heavy atom. The van der Waals surface area contributed by atoms with Gasteiger partial charge in [0.15, 0.2) is 0 Å². The average molecular weight is 300 g/mol. The molecular weight excluding hydrogens is 280 g/mol. The third-order valence-electron chi connectivity index (χ3n) is 3.35. The van der Waals surface area contributed by atoms with Crippen molar-refractivity contribution < 1.29 is 8.42 Å². The third kappa shape index (κ3) is 3.13. The number of benzene rings is 1. The molecule has 0 spiro atoms. The van der Waals surface area contributed by atoms with Crippen molar-refractivity contribution in [1.82, 2.24) is 9.62 Å². The minimum absolute atomic E-state index is 0.0147. The smallest absolute Gasteiger partial charge is 0.243 e. The van der Waals surface area contributed by atoms with Gasteiger partial charge in [-0.2, -0.15) is 4.31 Å². The highest BCUT2D eigenvalue weighted by Crippen LogP contribution is 2.24. The summed E-state index contributed by atoms with van der Waals surface area (Å²) in [6.45, 7) is 5.16. The molecule has 1 aromatic carbocycles. The maximum atomic E-state index is 12.7. The highest BCUT2D eigenvalue weighted by Gasteiger charge is 2.33. The van der Waals surface area contributed by atoms with Crippen LogP contribution in [0, 0.1) is 0 Å². The molecule has 4 nitrogen and oxygen atoms in total. The molecule has 2 atom stereocenters. The van der Waals surface area contributed by atoms with E-state index in [4.69, 9.17) is 0 Å². The van der Waals surface area contributed by atoms with Crippen molar-refractivity contribution in [3.8, 4) is 0 Å². The second-order valence-corrected chi connectivity index (χ2v) is 7.68. The number of piperazine rings is 1.